The molecule has 1 aliphatic rings. The van der Waals surface area contributed by atoms with Crippen molar-refractivity contribution in [2.24, 2.45) is 11.7 Å². The second-order valence-electron chi connectivity index (χ2n) is 7.45. The third-order valence-corrected chi connectivity index (χ3v) is 5.25. The van der Waals surface area contributed by atoms with E-state index in [9.17, 15) is 4.79 Å². The normalized spacial score (nSPS) is 15.6. The summed E-state index contributed by atoms with van der Waals surface area (Å²) in [5.41, 5.74) is 8.67. The van der Waals surface area contributed by atoms with Crippen LogP contribution in [0.5, 0.6) is 0 Å². The van der Waals surface area contributed by atoms with Gasteiger partial charge in [0, 0.05) is 41.7 Å². The maximum Gasteiger partial charge on any atom is 0.254 e. The highest BCUT2D eigenvalue weighted by atomic mass is 35.5. The number of nitrogens with two attached hydrogens (primary N) is 1. The maximum atomic E-state index is 13.1. The first-order chi connectivity index (χ1) is 11.9. The van der Waals surface area contributed by atoms with Gasteiger partial charge in [-0.1, -0.05) is 25.4 Å². The van der Waals surface area contributed by atoms with Crippen LogP contribution in [0.15, 0.2) is 24.3 Å². The second kappa shape index (κ2) is 7.30. The van der Waals surface area contributed by atoms with Crippen LogP contribution in [0.25, 0.3) is 10.9 Å². The van der Waals surface area contributed by atoms with Crippen LogP contribution in [0.4, 0.5) is 0 Å². The Bertz CT molecular complexity index is 786. The van der Waals surface area contributed by atoms with E-state index in [2.05, 4.69) is 13.8 Å². The molecule has 0 bridgehead atoms. The molecule has 2 N–H and O–H groups in total. The lowest BCUT2D eigenvalue weighted by atomic mass is 10.0. The van der Waals surface area contributed by atoms with Gasteiger partial charge >= 0.3 is 0 Å². The lowest BCUT2D eigenvalue weighted by molar-refractivity contribution is 0.0791. The third kappa shape index (κ3) is 4.13. The summed E-state index contributed by atoms with van der Waals surface area (Å²) in [4.78, 5) is 19.5. The molecule has 1 aliphatic carbocycles. The molecule has 1 unspecified atom stereocenters. The minimum absolute atomic E-state index is 0.00697. The Balaban J connectivity index is 1.90. The van der Waals surface area contributed by atoms with Crippen molar-refractivity contribution in [3.63, 3.8) is 0 Å². The summed E-state index contributed by atoms with van der Waals surface area (Å²) in [5, 5.41) is 1.44. The minimum atomic E-state index is 0.00697. The minimum Gasteiger partial charge on any atom is -0.342 e. The Labute approximate surface area is 154 Å². The van der Waals surface area contributed by atoms with Crippen molar-refractivity contribution in [2.45, 2.75) is 45.1 Å². The standard InChI is InChI=1S/C20H26ClN3O/c1-12(2)17(22)8-9-24(3)20(25)16-11-19(13-4-5-13)23-18-7-6-14(21)10-15(16)18/h6-7,10-13,17H,4-5,8-9,22H2,1-3H3. The summed E-state index contributed by atoms with van der Waals surface area (Å²) in [7, 11) is 1.84. The summed E-state index contributed by atoms with van der Waals surface area (Å²) in [5.74, 6) is 0.907. The number of halogens is 1. The van der Waals surface area contributed by atoms with E-state index in [0.29, 0.717) is 29.0 Å². The number of rotatable bonds is 6. The lowest BCUT2D eigenvalue weighted by Gasteiger charge is -2.22. The van der Waals surface area contributed by atoms with Crippen LogP contribution < -0.4 is 5.73 Å². The number of carbonyl (C=O) groups is 1. The number of fused-ring (bicyclic) bond motifs is 1. The quantitative estimate of drug-likeness (QED) is 0.840. The number of aromatic nitrogens is 1. The molecule has 1 aromatic carbocycles. The zero-order chi connectivity index (χ0) is 18.1. The molecule has 5 heteroatoms. The molecule has 1 heterocycles. The monoisotopic (exact) mass is 359 g/mol. The van der Waals surface area contributed by atoms with Gasteiger partial charge in [-0.15, -0.1) is 0 Å². The number of amides is 1. The zero-order valence-electron chi connectivity index (χ0n) is 15.1. The van der Waals surface area contributed by atoms with Gasteiger partial charge < -0.3 is 10.6 Å². The molecule has 134 valence electrons. The van der Waals surface area contributed by atoms with Crippen LogP contribution in [0.1, 0.15) is 55.1 Å². The lowest BCUT2D eigenvalue weighted by Crippen LogP contribution is -2.34. The van der Waals surface area contributed by atoms with Crippen molar-refractivity contribution in [3.05, 3.63) is 40.5 Å². The third-order valence-electron chi connectivity index (χ3n) is 5.02. The molecule has 2 aromatic rings. The fourth-order valence-electron chi connectivity index (χ4n) is 2.97. The fourth-order valence-corrected chi connectivity index (χ4v) is 3.14. The molecule has 0 aliphatic heterocycles. The zero-order valence-corrected chi connectivity index (χ0v) is 15.9. The van der Waals surface area contributed by atoms with Gasteiger partial charge in [0.2, 0.25) is 0 Å². The molecular formula is C20H26ClN3O. The van der Waals surface area contributed by atoms with Crippen LogP contribution in [-0.2, 0) is 0 Å². The molecule has 1 fully saturated rings. The van der Waals surface area contributed by atoms with Gasteiger partial charge in [0.1, 0.15) is 0 Å². The van der Waals surface area contributed by atoms with Crippen molar-refractivity contribution in [3.8, 4) is 0 Å². The van der Waals surface area contributed by atoms with Gasteiger partial charge in [-0.2, -0.15) is 0 Å². The van der Waals surface area contributed by atoms with Crippen LogP contribution in [0.3, 0.4) is 0 Å². The van der Waals surface area contributed by atoms with E-state index in [1.54, 1.807) is 4.90 Å². The molecule has 1 atom stereocenters. The molecule has 1 saturated carbocycles. The molecule has 0 radical (unpaired) electrons. The Kier molecular flexibility index (Phi) is 5.30. The first-order valence-corrected chi connectivity index (χ1v) is 9.36. The van der Waals surface area contributed by atoms with Gasteiger partial charge in [-0.3, -0.25) is 9.78 Å². The molecule has 0 saturated heterocycles. The molecular weight excluding hydrogens is 334 g/mol. The van der Waals surface area contributed by atoms with Crippen molar-refractivity contribution in [1.82, 2.24) is 9.88 Å². The summed E-state index contributed by atoms with van der Waals surface area (Å²) in [6.45, 7) is 4.85. The summed E-state index contributed by atoms with van der Waals surface area (Å²) in [6, 6.07) is 7.61. The number of carbonyl (C=O) groups excluding carboxylic acids is 1. The van der Waals surface area contributed by atoms with E-state index in [1.807, 2.05) is 31.3 Å². The van der Waals surface area contributed by atoms with Crippen molar-refractivity contribution in [1.29, 1.82) is 0 Å². The second-order valence-corrected chi connectivity index (χ2v) is 7.89. The van der Waals surface area contributed by atoms with Crippen LogP contribution in [0.2, 0.25) is 5.02 Å². The first-order valence-electron chi connectivity index (χ1n) is 8.98. The first kappa shape index (κ1) is 18.2. The smallest absolute Gasteiger partial charge is 0.254 e. The number of pyridine rings is 1. The van der Waals surface area contributed by atoms with Crippen molar-refractivity contribution >= 4 is 28.4 Å². The topological polar surface area (TPSA) is 59.2 Å². The largest absolute Gasteiger partial charge is 0.342 e. The van der Waals surface area contributed by atoms with Gasteiger partial charge in [0.05, 0.1) is 11.1 Å². The van der Waals surface area contributed by atoms with E-state index in [0.717, 1.165) is 35.9 Å². The van der Waals surface area contributed by atoms with Gasteiger partial charge in [0.15, 0.2) is 0 Å². The van der Waals surface area contributed by atoms with Crippen molar-refractivity contribution in [2.75, 3.05) is 13.6 Å². The van der Waals surface area contributed by atoms with E-state index in [1.165, 1.54) is 0 Å². The van der Waals surface area contributed by atoms with Crippen LogP contribution in [-0.4, -0.2) is 35.4 Å². The molecule has 4 nitrogen and oxygen atoms in total. The van der Waals surface area contributed by atoms with E-state index < -0.39 is 0 Å². The predicted octanol–water partition coefficient (Wildman–Crippen LogP) is 4.21. The maximum absolute atomic E-state index is 13.1. The molecule has 0 spiro atoms. The number of hydrogen-bond acceptors (Lipinski definition) is 3. The van der Waals surface area contributed by atoms with Gasteiger partial charge in [-0.25, -0.2) is 0 Å². The fraction of sp³-hybridized carbons (Fsp3) is 0.500. The summed E-state index contributed by atoms with van der Waals surface area (Å²) in [6.07, 6.45) is 3.09. The van der Waals surface area contributed by atoms with E-state index in [4.69, 9.17) is 22.3 Å². The Morgan fingerprint density at radius 2 is 2.08 bits per heavy atom. The Hall–Kier alpha value is -1.65. The number of benzene rings is 1. The number of nitrogens with zero attached hydrogens (tertiary/aromatic N) is 2. The van der Waals surface area contributed by atoms with Gasteiger partial charge in [0.25, 0.3) is 5.91 Å². The van der Waals surface area contributed by atoms with Crippen LogP contribution >= 0.6 is 11.6 Å². The molecule has 25 heavy (non-hydrogen) atoms. The van der Waals surface area contributed by atoms with Crippen LogP contribution in [0, 0.1) is 5.92 Å². The average Bonchev–Trinajstić information content (AvgIpc) is 3.42. The van der Waals surface area contributed by atoms with Gasteiger partial charge in [-0.05, 0) is 49.4 Å². The van der Waals surface area contributed by atoms with E-state index in [-0.39, 0.29) is 11.9 Å². The predicted molar refractivity (Wildman–Crippen MR) is 103 cm³/mol. The highest BCUT2D eigenvalue weighted by Gasteiger charge is 2.27. The Morgan fingerprint density at radius 3 is 2.72 bits per heavy atom. The number of hydrogen-bond donors (Lipinski definition) is 1. The van der Waals surface area contributed by atoms with Crippen molar-refractivity contribution < 1.29 is 4.79 Å². The summed E-state index contributed by atoms with van der Waals surface area (Å²) >= 11 is 6.16. The molecule has 3 rings (SSSR count). The Morgan fingerprint density at radius 1 is 1.36 bits per heavy atom. The average molecular weight is 360 g/mol. The van der Waals surface area contributed by atoms with E-state index >= 15 is 0 Å². The highest BCUT2D eigenvalue weighted by Crippen LogP contribution is 2.40. The molecule has 1 aromatic heterocycles. The summed E-state index contributed by atoms with van der Waals surface area (Å²) < 4.78 is 0. The highest BCUT2D eigenvalue weighted by molar-refractivity contribution is 6.31. The SMILES string of the molecule is CC(C)C(N)CCN(C)C(=O)c1cc(C2CC2)nc2ccc(Cl)cc12. The molecule has 1 amide bonds.